The molecule has 0 radical (unpaired) electrons. The summed E-state index contributed by atoms with van der Waals surface area (Å²) in [7, 11) is 0. The molecule has 2 aromatic heterocycles. The van der Waals surface area contributed by atoms with Crippen LogP contribution in [0.3, 0.4) is 0 Å². The second-order valence-electron chi connectivity index (χ2n) is 8.69. The van der Waals surface area contributed by atoms with E-state index in [9.17, 15) is 9.90 Å². The predicted molar refractivity (Wildman–Crippen MR) is 129 cm³/mol. The number of nitrogens with one attached hydrogen (secondary N) is 1. The molecule has 1 aliphatic rings. The largest absolute Gasteiger partial charge is 0.478 e. The summed E-state index contributed by atoms with van der Waals surface area (Å²) in [4.78, 5) is 18.1. The van der Waals surface area contributed by atoms with Gasteiger partial charge in [-0.05, 0) is 80.0 Å². The molecule has 0 spiro atoms. The third-order valence-corrected chi connectivity index (χ3v) is 6.27. The number of pyridine rings is 1. The van der Waals surface area contributed by atoms with Crippen LogP contribution in [0.25, 0.3) is 5.69 Å². The van der Waals surface area contributed by atoms with Gasteiger partial charge < -0.3 is 19.9 Å². The number of rotatable bonds is 6. The van der Waals surface area contributed by atoms with Gasteiger partial charge in [0.15, 0.2) is 5.11 Å². The maximum absolute atomic E-state index is 11.2. The first-order valence-electron chi connectivity index (χ1n) is 10.8. The van der Waals surface area contributed by atoms with E-state index in [1.807, 2.05) is 36.5 Å². The van der Waals surface area contributed by atoms with Gasteiger partial charge >= 0.3 is 5.97 Å². The van der Waals surface area contributed by atoms with Crippen LogP contribution in [0.5, 0.6) is 0 Å². The maximum Gasteiger partial charge on any atom is 0.335 e. The van der Waals surface area contributed by atoms with Crippen LogP contribution in [0.4, 0.5) is 0 Å². The van der Waals surface area contributed by atoms with Crippen LogP contribution < -0.4 is 5.32 Å². The Bertz CT molecular complexity index is 1140. The Morgan fingerprint density at radius 1 is 1.19 bits per heavy atom. The zero-order valence-corrected chi connectivity index (χ0v) is 19.6. The van der Waals surface area contributed by atoms with Crippen molar-refractivity contribution in [3.63, 3.8) is 0 Å². The Morgan fingerprint density at radius 3 is 2.50 bits per heavy atom. The summed E-state index contributed by atoms with van der Waals surface area (Å²) in [5.74, 6) is -0.474. The van der Waals surface area contributed by atoms with Gasteiger partial charge in [-0.15, -0.1) is 0 Å². The minimum Gasteiger partial charge on any atom is -0.478 e. The highest BCUT2D eigenvalue weighted by Gasteiger charge is 2.41. The SMILES string of the molecule is Cc1cc([C@H]2[C@@H](c3ccccn3)NC(=S)N2CC(C)C)c(C)n1-c1ccc(C(=O)O)cc1. The van der Waals surface area contributed by atoms with Crippen molar-refractivity contribution < 1.29 is 9.90 Å². The molecule has 1 fully saturated rings. The number of carboxylic acid groups (broad SMARTS) is 1. The molecular formula is C25H28N4O2S. The fourth-order valence-corrected chi connectivity index (χ4v) is 4.89. The van der Waals surface area contributed by atoms with Crippen molar-refractivity contribution in [2.75, 3.05) is 6.54 Å². The molecule has 3 heterocycles. The highest BCUT2D eigenvalue weighted by Crippen LogP contribution is 2.41. The normalized spacial score (nSPS) is 18.3. The minimum absolute atomic E-state index is 0.0121. The number of benzene rings is 1. The first-order chi connectivity index (χ1) is 15.3. The lowest BCUT2D eigenvalue weighted by Gasteiger charge is -2.29. The van der Waals surface area contributed by atoms with Gasteiger partial charge in [0.25, 0.3) is 0 Å². The molecule has 1 aliphatic heterocycles. The monoisotopic (exact) mass is 448 g/mol. The van der Waals surface area contributed by atoms with E-state index < -0.39 is 5.97 Å². The highest BCUT2D eigenvalue weighted by atomic mass is 32.1. The maximum atomic E-state index is 11.2. The van der Waals surface area contributed by atoms with Crippen molar-refractivity contribution in [2.24, 2.45) is 5.92 Å². The van der Waals surface area contributed by atoms with Gasteiger partial charge in [-0.2, -0.15) is 0 Å². The number of hydrogen-bond acceptors (Lipinski definition) is 3. The van der Waals surface area contributed by atoms with Crippen molar-refractivity contribution in [2.45, 2.75) is 39.8 Å². The summed E-state index contributed by atoms with van der Waals surface area (Å²) in [5, 5.41) is 13.5. The number of aryl methyl sites for hydroxylation is 1. The predicted octanol–water partition coefficient (Wildman–Crippen LogP) is 4.82. The van der Waals surface area contributed by atoms with Crippen molar-refractivity contribution >= 4 is 23.3 Å². The van der Waals surface area contributed by atoms with Crippen LogP contribution in [-0.2, 0) is 0 Å². The van der Waals surface area contributed by atoms with Gasteiger partial charge in [-0.3, -0.25) is 4.98 Å². The van der Waals surface area contributed by atoms with E-state index in [0.29, 0.717) is 5.92 Å². The fraction of sp³-hybridized carbons (Fsp3) is 0.320. The topological polar surface area (TPSA) is 70.4 Å². The van der Waals surface area contributed by atoms with Crippen LogP contribution in [0.15, 0.2) is 54.7 Å². The van der Waals surface area contributed by atoms with Gasteiger partial charge in [0.1, 0.15) is 0 Å². The molecule has 0 amide bonds. The second-order valence-corrected chi connectivity index (χ2v) is 9.07. The Morgan fingerprint density at radius 2 is 1.91 bits per heavy atom. The summed E-state index contributed by atoms with van der Waals surface area (Å²) >= 11 is 5.75. The fourth-order valence-electron chi connectivity index (χ4n) is 4.57. The molecule has 1 aromatic carbocycles. The van der Waals surface area contributed by atoms with Crippen molar-refractivity contribution in [1.82, 2.24) is 19.8 Å². The minimum atomic E-state index is -0.925. The van der Waals surface area contributed by atoms with Crippen LogP contribution in [0, 0.1) is 19.8 Å². The van der Waals surface area contributed by atoms with E-state index in [-0.39, 0.29) is 17.6 Å². The molecule has 2 atom stereocenters. The van der Waals surface area contributed by atoms with Crippen LogP contribution in [0.1, 0.15) is 58.9 Å². The van der Waals surface area contributed by atoms with E-state index in [1.54, 1.807) is 12.1 Å². The smallest absolute Gasteiger partial charge is 0.335 e. The molecular weight excluding hydrogens is 420 g/mol. The van der Waals surface area contributed by atoms with Crippen LogP contribution in [-0.4, -0.2) is 37.2 Å². The van der Waals surface area contributed by atoms with Crippen molar-refractivity contribution in [1.29, 1.82) is 0 Å². The average molecular weight is 449 g/mol. The number of hydrogen-bond donors (Lipinski definition) is 2. The Kier molecular flexibility index (Phi) is 6.02. The molecule has 166 valence electrons. The third-order valence-electron chi connectivity index (χ3n) is 5.92. The molecule has 6 nitrogen and oxygen atoms in total. The molecule has 0 bridgehead atoms. The van der Waals surface area contributed by atoms with Crippen molar-refractivity contribution in [3.05, 3.63) is 82.9 Å². The highest BCUT2D eigenvalue weighted by molar-refractivity contribution is 7.80. The number of aromatic nitrogens is 2. The number of carbonyl (C=O) groups is 1. The van der Waals surface area contributed by atoms with Crippen molar-refractivity contribution in [3.8, 4) is 5.69 Å². The Balaban J connectivity index is 1.80. The summed E-state index contributed by atoms with van der Waals surface area (Å²) in [6, 6.07) is 15.1. The first kappa shape index (κ1) is 22.0. The zero-order valence-electron chi connectivity index (χ0n) is 18.7. The molecule has 2 N–H and O–H groups in total. The molecule has 0 unspecified atom stereocenters. The number of carboxylic acids is 1. The first-order valence-corrected chi connectivity index (χ1v) is 11.2. The molecule has 4 rings (SSSR count). The van der Waals surface area contributed by atoms with Gasteiger partial charge in [0, 0.05) is 29.8 Å². The molecule has 0 saturated carbocycles. The lowest BCUT2D eigenvalue weighted by atomic mass is 9.96. The number of thiocarbonyl (C=S) groups is 1. The average Bonchev–Trinajstić information content (AvgIpc) is 3.23. The molecule has 7 heteroatoms. The van der Waals surface area contributed by atoms with Crippen LogP contribution >= 0.6 is 12.2 Å². The lowest BCUT2D eigenvalue weighted by molar-refractivity contribution is 0.0697. The van der Waals surface area contributed by atoms with Crippen LogP contribution in [0.2, 0.25) is 0 Å². The van der Waals surface area contributed by atoms with E-state index in [4.69, 9.17) is 12.2 Å². The Hall–Kier alpha value is -3.19. The van der Waals surface area contributed by atoms with E-state index in [0.717, 1.165) is 34.4 Å². The number of nitrogens with zero attached hydrogens (tertiary/aromatic N) is 3. The molecule has 1 saturated heterocycles. The summed E-state index contributed by atoms with van der Waals surface area (Å²) in [6.07, 6.45) is 1.81. The van der Waals surface area contributed by atoms with Gasteiger partial charge in [0.05, 0.1) is 23.3 Å². The van der Waals surface area contributed by atoms with E-state index in [2.05, 4.69) is 53.5 Å². The zero-order chi connectivity index (χ0) is 23.0. The lowest BCUT2D eigenvalue weighted by Crippen LogP contribution is -2.33. The van der Waals surface area contributed by atoms with Gasteiger partial charge in [-0.25, -0.2) is 4.79 Å². The number of aromatic carboxylic acids is 1. The quantitative estimate of drug-likeness (QED) is 0.527. The summed E-state index contributed by atoms with van der Waals surface area (Å²) in [5.41, 5.74) is 5.56. The molecule has 3 aromatic rings. The molecule has 32 heavy (non-hydrogen) atoms. The third kappa shape index (κ3) is 4.00. The standard InChI is InChI=1S/C25H28N4O2S/c1-15(2)14-28-23(22(27-25(28)32)21-7-5-6-12-26-21)20-13-16(3)29(17(20)4)19-10-8-18(9-11-19)24(30)31/h5-13,15,22-23H,14H2,1-4H3,(H,27,32)(H,30,31)/t22-,23+/m1/s1. The second kappa shape index (κ2) is 8.74. The van der Waals surface area contributed by atoms with Gasteiger partial charge in [0.2, 0.25) is 0 Å². The summed E-state index contributed by atoms with van der Waals surface area (Å²) in [6.45, 7) is 9.42. The summed E-state index contributed by atoms with van der Waals surface area (Å²) < 4.78 is 2.17. The van der Waals surface area contributed by atoms with E-state index in [1.165, 1.54) is 5.56 Å². The molecule has 0 aliphatic carbocycles. The van der Waals surface area contributed by atoms with Gasteiger partial charge in [-0.1, -0.05) is 19.9 Å². The van der Waals surface area contributed by atoms with E-state index >= 15 is 0 Å². The Labute approximate surface area is 193 Å².